The number of hydrogen-bond acceptors (Lipinski definition) is 10. The molecule has 0 unspecified atom stereocenters. The van der Waals surface area contributed by atoms with Crippen LogP contribution in [0.15, 0.2) is 84.9 Å². The number of aliphatic hydroxyl groups excluding tert-OH is 6. The lowest BCUT2D eigenvalue weighted by Gasteiger charge is -2.47. The Morgan fingerprint density at radius 2 is 0.767 bits per heavy atom. The maximum absolute atomic E-state index is 14.3. The summed E-state index contributed by atoms with van der Waals surface area (Å²) in [5, 5.41) is 58.7. The third-order valence-electron chi connectivity index (χ3n) is 18.2. The molecule has 0 spiro atoms. The van der Waals surface area contributed by atoms with Crippen LogP contribution in [0.4, 0.5) is 62.3 Å². The quantitative estimate of drug-likeness (QED) is 0.0520. The Bertz CT molecular complexity index is 2900. The molecular formula is C62H74F12N6O10. The Hall–Kier alpha value is -6.72. The summed E-state index contributed by atoms with van der Waals surface area (Å²) in [4.78, 5) is 64.2. The molecule has 16 nitrogen and oxygen atoms in total. The number of carbonyl (C=O) groups excluding carboxylic acids is 4. The number of fused-ring (bicyclic) bond motifs is 2. The van der Waals surface area contributed by atoms with Gasteiger partial charge in [-0.1, -0.05) is 48.5 Å². The molecule has 496 valence electrons. The first-order valence-corrected chi connectivity index (χ1v) is 29.2. The molecule has 28 heteroatoms. The fourth-order valence-corrected chi connectivity index (χ4v) is 13.7. The summed E-state index contributed by atoms with van der Waals surface area (Å²) in [5.74, 6) is -0.507. The third kappa shape index (κ3) is 14.6. The molecule has 0 bridgehead atoms. The zero-order valence-electron chi connectivity index (χ0n) is 49.8. The predicted molar refractivity (Wildman–Crippen MR) is 301 cm³/mol. The van der Waals surface area contributed by atoms with Crippen LogP contribution in [-0.2, 0) is 34.3 Å². The number of rotatable bonds is 18. The molecule has 4 aliphatic heterocycles. The molecule has 4 aromatic carbocycles. The number of carbonyl (C=O) groups is 4. The smallest absolute Gasteiger partial charge is 0.396 e. The van der Waals surface area contributed by atoms with Crippen molar-refractivity contribution in [1.82, 2.24) is 29.4 Å². The second-order valence-corrected chi connectivity index (χ2v) is 23.5. The number of benzene rings is 4. The van der Waals surface area contributed by atoms with Gasteiger partial charge in [0.25, 0.3) is 0 Å². The summed E-state index contributed by atoms with van der Waals surface area (Å²) in [6.45, 7) is 1.38. The number of aliphatic hydroxyl groups is 6. The average Bonchev–Trinajstić information content (AvgIpc) is 1.56. The lowest BCUT2D eigenvalue weighted by molar-refractivity contribution is -0.144. The van der Waals surface area contributed by atoms with Crippen LogP contribution < -0.4 is 0 Å². The monoisotopic (exact) mass is 1290 g/mol. The van der Waals surface area contributed by atoms with Gasteiger partial charge in [0.1, 0.15) is 0 Å². The van der Waals surface area contributed by atoms with Gasteiger partial charge in [0.05, 0.1) is 69.3 Å². The Morgan fingerprint density at radius 3 is 1.02 bits per heavy atom. The first-order valence-electron chi connectivity index (χ1n) is 29.2. The molecule has 4 aromatic rings. The highest BCUT2D eigenvalue weighted by Gasteiger charge is 2.59. The van der Waals surface area contributed by atoms with Gasteiger partial charge < -0.3 is 60.0 Å². The van der Waals surface area contributed by atoms with Crippen molar-refractivity contribution in [3.8, 4) is 0 Å². The van der Waals surface area contributed by atoms with Crippen LogP contribution in [0, 0.1) is 24.7 Å². The average molecular weight is 1290 g/mol. The molecule has 4 saturated heterocycles. The van der Waals surface area contributed by atoms with Crippen LogP contribution in [-0.4, -0.2) is 176 Å². The van der Waals surface area contributed by atoms with Gasteiger partial charge in [0, 0.05) is 79.9 Å². The molecule has 6 amide bonds. The van der Waals surface area contributed by atoms with Crippen molar-refractivity contribution >= 4 is 23.9 Å². The number of halogens is 12. The number of amides is 6. The number of piperazine rings is 2. The lowest BCUT2D eigenvalue weighted by atomic mass is 9.77. The van der Waals surface area contributed by atoms with Crippen molar-refractivity contribution in [3.63, 3.8) is 0 Å². The van der Waals surface area contributed by atoms with E-state index in [0.29, 0.717) is 35.4 Å². The van der Waals surface area contributed by atoms with Crippen molar-refractivity contribution in [2.75, 3.05) is 79.9 Å². The molecule has 0 aromatic heterocycles. The number of aryl methyl sites for hydroxylation is 2. The fraction of sp³-hybridized carbons (Fsp3) is 0.548. The van der Waals surface area contributed by atoms with Gasteiger partial charge >= 0.3 is 36.8 Å². The number of alkyl halides is 12. The van der Waals surface area contributed by atoms with Crippen LogP contribution in [0.25, 0.3) is 0 Å². The highest BCUT2D eigenvalue weighted by Crippen LogP contribution is 2.52. The topological polar surface area (TPSA) is 209 Å². The highest BCUT2D eigenvalue weighted by atomic mass is 19.4. The van der Waals surface area contributed by atoms with Gasteiger partial charge in [-0.15, -0.1) is 0 Å². The third-order valence-corrected chi connectivity index (χ3v) is 18.2. The molecule has 8 rings (SSSR count). The SMILES string of the molecule is Cc1ccccc1[C@H]1[C@@H]2CC(CCO)(CCO)C(=O)N2CCN1C(=O)N(C)[C@@H](CCO)c1cc(C(F)(F)F)cc(C(F)(F)F)c1.Cc1ccccc1[C@H]1[C@@H]2CC(CCO)(CCO)C(=O)N2CCN1C(=O)N(C)[C@H](CCO)c1cc(C(F)(F)F)cc(C(F)(F)F)c1. The molecule has 6 N–H and O–H groups in total. The van der Waals surface area contributed by atoms with Crippen molar-refractivity contribution in [2.45, 2.75) is 126 Å². The first kappa shape index (κ1) is 70.7. The van der Waals surface area contributed by atoms with Crippen LogP contribution >= 0.6 is 0 Å². The molecule has 4 heterocycles. The fourth-order valence-electron chi connectivity index (χ4n) is 13.7. The Morgan fingerprint density at radius 1 is 0.478 bits per heavy atom. The maximum Gasteiger partial charge on any atom is 0.416 e. The summed E-state index contributed by atoms with van der Waals surface area (Å²) in [7, 11) is 2.53. The van der Waals surface area contributed by atoms with Gasteiger partial charge in [-0.05, 0) is 135 Å². The van der Waals surface area contributed by atoms with Gasteiger partial charge in [-0.25, -0.2) is 9.59 Å². The highest BCUT2D eigenvalue weighted by molar-refractivity contribution is 5.87. The normalized spacial score (nSPS) is 20.7. The van der Waals surface area contributed by atoms with Gasteiger partial charge in [-0.3, -0.25) is 9.59 Å². The predicted octanol–water partition coefficient (Wildman–Crippen LogP) is 9.83. The van der Waals surface area contributed by atoms with E-state index in [1.807, 2.05) is 26.0 Å². The van der Waals surface area contributed by atoms with Crippen LogP contribution in [0.5, 0.6) is 0 Å². The van der Waals surface area contributed by atoms with Crippen molar-refractivity contribution < 1.29 is 103 Å². The minimum Gasteiger partial charge on any atom is -0.396 e. The van der Waals surface area contributed by atoms with E-state index in [1.165, 1.54) is 23.9 Å². The molecule has 90 heavy (non-hydrogen) atoms. The standard InChI is InChI=1S/2C31H37F6N3O5/c2*1-19-5-3-4-6-23(19)26-25-18-29(8-13-42,9-14-43)27(44)39(25)10-11-40(26)28(45)38(2)24(7-12-41)20-15-21(30(32,33)34)17-22(16-20)31(35,36)37/h2*3-6,15-17,24-26,41-43H,7-14,18H2,1-2H3/t24-,25+,26+;24-,25-,26-/m10/s1. The molecular weight excluding hydrogens is 1220 g/mol. The first-order chi connectivity index (χ1) is 42.2. The minimum atomic E-state index is -5.10. The van der Waals surface area contributed by atoms with E-state index in [1.54, 1.807) is 46.2 Å². The van der Waals surface area contributed by atoms with Crippen LogP contribution in [0.1, 0.15) is 131 Å². The van der Waals surface area contributed by atoms with E-state index >= 15 is 0 Å². The minimum absolute atomic E-state index is 0.000973. The molecule has 6 atom stereocenters. The summed E-state index contributed by atoms with van der Waals surface area (Å²) in [6.07, 6.45) is -20.2. The second-order valence-electron chi connectivity index (χ2n) is 23.5. The Balaban J connectivity index is 0.000000256. The molecule has 0 radical (unpaired) electrons. The van der Waals surface area contributed by atoms with Gasteiger partial charge in [0.15, 0.2) is 0 Å². The van der Waals surface area contributed by atoms with Crippen LogP contribution in [0.2, 0.25) is 0 Å². The van der Waals surface area contributed by atoms with Gasteiger partial charge in [-0.2, -0.15) is 52.7 Å². The van der Waals surface area contributed by atoms with Crippen molar-refractivity contribution in [3.05, 3.63) is 141 Å². The van der Waals surface area contributed by atoms with E-state index in [4.69, 9.17) is 0 Å². The van der Waals surface area contributed by atoms with E-state index in [9.17, 15) is 103 Å². The maximum atomic E-state index is 14.3. The lowest BCUT2D eigenvalue weighted by Crippen LogP contribution is -2.57. The van der Waals surface area contributed by atoms with Crippen LogP contribution in [0.3, 0.4) is 0 Å². The molecule has 0 saturated carbocycles. The molecule has 4 fully saturated rings. The zero-order chi connectivity index (χ0) is 66.6. The number of nitrogens with zero attached hydrogens (tertiary/aromatic N) is 6. The van der Waals surface area contributed by atoms with Crippen molar-refractivity contribution in [2.24, 2.45) is 10.8 Å². The van der Waals surface area contributed by atoms with E-state index in [0.717, 1.165) is 20.9 Å². The number of urea groups is 2. The Kier molecular flexibility index (Phi) is 22.0. The van der Waals surface area contributed by atoms with Gasteiger partial charge in [0.2, 0.25) is 11.8 Å². The van der Waals surface area contributed by atoms with Crippen molar-refractivity contribution in [1.29, 1.82) is 0 Å². The summed E-state index contributed by atoms with van der Waals surface area (Å²) < 4.78 is 164. The summed E-state index contributed by atoms with van der Waals surface area (Å²) in [5.41, 5.74) is -6.15. The largest absolute Gasteiger partial charge is 0.416 e. The Labute approximate surface area is 511 Å². The molecule has 0 aliphatic carbocycles. The zero-order valence-corrected chi connectivity index (χ0v) is 49.8. The summed E-state index contributed by atoms with van der Waals surface area (Å²) in [6, 6.07) is 9.81. The summed E-state index contributed by atoms with van der Waals surface area (Å²) >= 11 is 0. The molecule has 4 aliphatic rings. The van der Waals surface area contributed by atoms with E-state index in [-0.39, 0.29) is 128 Å². The van der Waals surface area contributed by atoms with E-state index < -0.39 is 130 Å². The van der Waals surface area contributed by atoms with E-state index in [2.05, 4.69) is 0 Å². The second kappa shape index (κ2) is 28.0. The number of hydrogen-bond donors (Lipinski definition) is 6.